The summed E-state index contributed by atoms with van der Waals surface area (Å²) in [5.74, 6) is 0.840. The van der Waals surface area contributed by atoms with E-state index in [4.69, 9.17) is 14.6 Å². The Morgan fingerprint density at radius 3 is 2.75 bits per heavy atom. The summed E-state index contributed by atoms with van der Waals surface area (Å²) in [6, 6.07) is 0. The number of hydrogen-bond donors (Lipinski definition) is 1. The maximum Gasteiger partial charge on any atom is 0.231 e. The minimum atomic E-state index is 0.484. The molecule has 0 aliphatic carbocycles. The topological polar surface area (TPSA) is 67.3 Å². The van der Waals surface area contributed by atoms with Crippen molar-refractivity contribution in [3.05, 3.63) is 23.1 Å². The number of nitrogens with zero attached hydrogens (tertiary/aromatic N) is 3. The number of morpholine rings is 1. The average Bonchev–Trinajstić information content (AvgIpc) is 2.75. The molecule has 0 radical (unpaired) electrons. The number of fused-ring (bicyclic) bond motifs is 1. The van der Waals surface area contributed by atoms with Crippen LogP contribution in [0.4, 0.5) is 0 Å². The highest BCUT2D eigenvalue weighted by molar-refractivity contribution is 5.76. The van der Waals surface area contributed by atoms with Gasteiger partial charge >= 0.3 is 0 Å². The predicted molar refractivity (Wildman–Crippen MR) is 74.6 cm³/mol. The van der Waals surface area contributed by atoms with Gasteiger partial charge in [-0.1, -0.05) is 0 Å². The molecule has 0 saturated carbocycles. The molecule has 108 valence electrons. The third-order valence-corrected chi connectivity index (χ3v) is 3.97. The Bertz CT molecular complexity index is 668. The van der Waals surface area contributed by atoms with Gasteiger partial charge in [0, 0.05) is 31.7 Å². The summed E-state index contributed by atoms with van der Waals surface area (Å²) >= 11 is 0. The number of rotatable bonds is 3. The summed E-state index contributed by atoms with van der Waals surface area (Å²) in [5.41, 5.74) is 2.06. The first kappa shape index (κ1) is 13.3. The van der Waals surface area contributed by atoms with E-state index in [1.807, 2.05) is 18.4 Å². The van der Waals surface area contributed by atoms with Crippen LogP contribution in [0.25, 0.3) is 11.1 Å². The van der Waals surface area contributed by atoms with Gasteiger partial charge < -0.3 is 13.7 Å². The summed E-state index contributed by atoms with van der Waals surface area (Å²) in [4.78, 5) is 6.68. The molecule has 2 aromatic heterocycles. The number of aromatic nitrogens is 2. The van der Waals surface area contributed by atoms with Crippen LogP contribution in [0.1, 0.15) is 11.3 Å². The molecule has 3 heterocycles. The van der Waals surface area contributed by atoms with Crippen molar-refractivity contribution in [2.75, 3.05) is 32.8 Å². The largest absolute Gasteiger partial charge is 0.443 e. The zero-order chi connectivity index (χ0) is 14.1. The summed E-state index contributed by atoms with van der Waals surface area (Å²) in [7, 11) is 0. The Morgan fingerprint density at radius 2 is 2.00 bits per heavy atom. The second kappa shape index (κ2) is 5.38. The van der Waals surface area contributed by atoms with Crippen LogP contribution in [0.3, 0.4) is 0 Å². The van der Waals surface area contributed by atoms with E-state index in [-0.39, 0.29) is 0 Å². The van der Waals surface area contributed by atoms with Crippen LogP contribution in [0, 0.1) is 19.3 Å². The first-order valence-corrected chi connectivity index (χ1v) is 6.96. The molecule has 1 saturated heterocycles. The Hall–Kier alpha value is -1.66. The van der Waals surface area contributed by atoms with Crippen LogP contribution in [0.15, 0.2) is 10.7 Å². The molecule has 6 heteroatoms. The molecular weight excluding hydrogens is 256 g/mol. The van der Waals surface area contributed by atoms with E-state index in [2.05, 4.69) is 9.88 Å². The highest BCUT2D eigenvalue weighted by atomic mass is 16.5. The minimum absolute atomic E-state index is 0.484. The SMILES string of the molecule is Cc1oc2ncn(CCN3CCOCC3)c(=N)c2c1C. The molecule has 6 nitrogen and oxygen atoms in total. The van der Waals surface area contributed by atoms with Gasteiger partial charge in [-0.05, 0) is 13.8 Å². The quantitative estimate of drug-likeness (QED) is 0.910. The van der Waals surface area contributed by atoms with Crippen LogP contribution in [-0.4, -0.2) is 47.3 Å². The van der Waals surface area contributed by atoms with Crippen molar-refractivity contribution >= 4 is 11.1 Å². The van der Waals surface area contributed by atoms with E-state index in [9.17, 15) is 0 Å². The molecule has 20 heavy (non-hydrogen) atoms. The number of ether oxygens (including phenoxy) is 1. The van der Waals surface area contributed by atoms with Crippen LogP contribution in [-0.2, 0) is 11.3 Å². The third-order valence-electron chi connectivity index (χ3n) is 3.97. The van der Waals surface area contributed by atoms with E-state index in [1.54, 1.807) is 6.33 Å². The highest BCUT2D eigenvalue weighted by Gasteiger charge is 2.13. The van der Waals surface area contributed by atoms with E-state index >= 15 is 0 Å². The normalized spacial score (nSPS) is 16.9. The maximum absolute atomic E-state index is 8.33. The molecule has 0 spiro atoms. The van der Waals surface area contributed by atoms with Crippen LogP contribution in [0.2, 0.25) is 0 Å². The first-order chi connectivity index (χ1) is 9.66. The number of hydrogen-bond acceptors (Lipinski definition) is 5. The van der Waals surface area contributed by atoms with Crippen molar-refractivity contribution in [2.45, 2.75) is 20.4 Å². The monoisotopic (exact) mass is 276 g/mol. The smallest absolute Gasteiger partial charge is 0.231 e. The fraction of sp³-hybridized carbons (Fsp3) is 0.571. The van der Waals surface area contributed by atoms with Gasteiger partial charge in [0.25, 0.3) is 0 Å². The van der Waals surface area contributed by atoms with Crippen LogP contribution < -0.4 is 5.49 Å². The summed E-state index contributed by atoms with van der Waals surface area (Å²) in [6.45, 7) is 9.11. The molecule has 3 rings (SSSR count). The van der Waals surface area contributed by atoms with Crippen molar-refractivity contribution in [2.24, 2.45) is 0 Å². The molecule has 0 aromatic carbocycles. The van der Waals surface area contributed by atoms with Crippen LogP contribution >= 0.6 is 0 Å². The Morgan fingerprint density at radius 1 is 1.25 bits per heavy atom. The summed E-state index contributed by atoms with van der Waals surface area (Å²) in [5, 5.41) is 9.16. The van der Waals surface area contributed by atoms with Crippen molar-refractivity contribution < 1.29 is 9.15 Å². The Kier molecular flexibility index (Phi) is 3.58. The van der Waals surface area contributed by atoms with Gasteiger partial charge in [0.1, 0.15) is 17.6 Å². The Balaban J connectivity index is 1.83. The molecule has 1 aliphatic heterocycles. The lowest BCUT2D eigenvalue weighted by molar-refractivity contribution is 0.0362. The van der Waals surface area contributed by atoms with E-state index in [0.717, 1.165) is 56.1 Å². The molecule has 1 fully saturated rings. The molecule has 0 atom stereocenters. The molecule has 1 aliphatic rings. The van der Waals surface area contributed by atoms with Crippen molar-refractivity contribution in [1.82, 2.24) is 14.5 Å². The van der Waals surface area contributed by atoms with Gasteiger partial charge in [0.2, 0.25) is 5.71 Å². The van der Waals surface area contributed by atoms with Gasteiger partial charge in [-0.2, -0.15) is 0 Å². The predicted octanol–water partition coefficient (Wildman–Crippen LogP) is 1.06. The molecule has 0 amide bonds. The Labute approximate surface area is 117 Å². The van der Waals surface area contributed by atoms with E-state index in [1.165, 1.54) is 0 Å². The van der Waals surface area contributed by atoms with E-state index < -0.39 is 0 Å². The van der Waals surface area contributed by atoms with Gasteiger partial charge in [-0.3, -0.25) is 10.3 Å². The fourth-order valence-electron chi connectivity index (χ4n) is 2.55. The molecule has 2 aromatic rings. The zero-order valence-electron chi connectivity index (χ0n) is 12.0. The molecule has 1 N–H and O–H groups in total. The fourth-order valence-corrected chi connectivity index (χ4v) is 2.55. The minimum Gasteiger partial charge on any atom is -0.443 e. The molecule has 0 unspecified atom stereocenters. The number of furan rings is 1. The van der Waals surface area contributed by atoms with E-state index in [0.29, 0.717) is 11.2 Å². The number of nitrogens with one attached hydrogen (secondary N) is 1. The first-order valence-electron chi connectivity index (χ1n) is 6.96. The van der Waals surface area contributed by atoms with Crippen molar-refractivity contribution in [3.8, 4) is 0 Å². The summed E-state index contributed by atoms with van der Waals surface area (Å²) < 4.78 is 12.8. The van der Waals surface area contributed by atoms with Gasteiger partial charge in [-0.15, -0.1) is 0 Å². The lowest BCUT2D eigenvalue weighted by Gasteiger charge is -2.26. The standard InChI is InChI=1S/C14H20N4O2/c1-10-11(2)20-14-12(10)13(15)18(9-16-14)4-3-17-5-7-19-8-6-17/h9,15H,3-8H2,1-2H3. The third kappa shape index (κ3) is 2.36. The van der Waals surface area contributed by atoms with Gasteiger partial charge in [0.05, 0.1) is 18.6 Å². The van der Waals surface area contributed by atoms with Crippen molar-refractivity contribution in [3.63, 3.8) is 0 Å². The highest BCUT2D eigenvalue weighted by Crippen LogP contribution is 2.18. The summed E-state index contributed by atoms with van der Waals surface area (Å²) in [6.07, 6.45) is 1.70. The maximum atomic E-state index is 8.33. The lowest BCUT2D eigenvalue weighted by atomic mass is 10.2. The molecule has 0 bridgehead atoms. The van der Waals surface area contributed by atoms with Crippen molar-refractivity contribution in [1.29, 1.82) is 5.41 Å². The number of aryl methyl sites for hydroxylation is 2. The average molecular weight is 276 g/mol. The van der Waals surface area contributed by atoms with Gasteiger partial charge in [-0.25, -0.2) is 4.98 Å². The lowest BCUT2D eigenvalue weighted by Crippen LogP contribution is -2.39. The van der Waals surface area contributed by atoms with Crippen LogP contribution in [0.5, 0.6) is 0 Å². The zero-order valence-corrected chi connectivity index (χ0v) is 12.0. The molecular formula is C14H20N4O2. The van der Waals surface area contributed by atoms with Gasteiger partial charge in [0.15, 0.2) is 0 Å². The second-order valence-electron chi connectivity index (χ2n) is 5.20. The second-order valence-corrected chi connectivity index (χ2v) is 5.20.